The topological polar surface area (TPSA) is 76.0 Å². The lowest BCUT2D eigenvalue weighted by Crippen LogP contribution is -2.42. The van der Waals surface area contributed by atoms with E-state index in [0.717, 1.165) is 11.3 Å². The van der Waals surface area contributed by atoms with Gasteiger partial charge in [0, 0.05) is 16.9 Å². The van der Waals surface area contributed by atoms with Gasteiger partial charge >= 0.3 is 0 Å². The van der Waals surface area contributed by atoms with Crippen molar-refractivity contribution in [3.05, 3.63) is 82.6 Å². The molecule has 0 fully saturated rings. The molecular weight excluding hydrogens is 384 g/mol. The first kappa shape index (κ1) is 16.9. The van der Waals surface area contributed by atoms with Crippen LogP contribution in [-0.2, 0) is 11.2 Å². The van der Waals surface area contributed by atoms with E-state index in [1.165, 1.54) is 0 Å². The van der Waals surface area contributed by atoms with Crippen molar-refractivity contribution in [2.75, 3.05) is 0 Å². The van der Waals surface area contributed by atoms with E-state index in [-0.39, 0.29) is 18.2 Å². The fourth-order valence-electron chi connectivity index (χ4n) is 2.26. The minimum atomic E-state index is -0.380. The molecule has 1 aromatic heterocycles. The number of hydrogen-bond acceptors (Lipinski definition) is 3. The second kappa shape index (κ2) is 7.76. The molecule has 0 spiro atoms. The highest BCUT2D eigenvalue weighted by atomic mass is 79.9. The Morgan fingerprint density at radius 2 is 1.76 bits per heavy atom. The molecule has 3 rings (SSSR count). The van der Waals surface area contributed by atoms with Crippen molar-refractivity contribution >= 4 is 27.7 Å². The summed E-state index contributed by atoms with van der Waals surface area (Å²) in [5, 5.41) is 4.15. The lowest BCUT2D eigenvalue weighted by Gasteiger charge is -2.09. The Labute approximate surface area is 153 Å². The summed E-state index contributed by atoms with van der Waals surface area (Å²) in [6.45, 7) is 0. The molecule has 25 heavy (non-hydrogen) atoms. The van der Waals surface area contributed by atoms with E-state index in [0.29, 0.717) is 10.0 Å². The molecule has 2 aromatic carbocycles. The fourth-order valence-corrected chi connectivity index (χ4v) is 2.72. The average Bonchev–Trinajstić information content (AvgIpc) is 3.15. The Kier molecular flexibility index (Phi) is 5.25. The van der Waals surface area contributed by atoms with E-state index in [1.807, 2.05) is 42.6 Å². The van der Waals surface area contributed by atoms with Crippen LogP contribution in [0.2, 0.25) is 0 Å². The molecule has 3 aromatic rings. The van der Waals surface area contributed by atoms with Gasteiger partial charge in [-0.25, -0.2) is 4.68 Å². The first-order valence-electron chi connectivity index (χ1n) is 7.56. The number of rotatable bonds is 4. The molecule has 0 saturated heterocycles. The van der Waals surface area contributed by atoms with Crippen molar-refractivity contribution in [2.24, 2.45) is 0 Å². The third-order valence-corrected chi connectivity index (χ3v) is 4.20. The number of amides is 2. The SMILES string of the molecule is O=C(Cc1ccc(-n2cccn2)cc1)NNC(=O)c1ccccc1Br. The van der Waals surface area contributed by atoms with E-state index in [9.17, 15) is 9.59 Å². The zero-order valence-corrected chi connectivity index (χ0v) is 14.7. The first-order valence-corrected chi connectivity index (χ1v) is 8.35. The largest absolute Gasteiger partial charge is 0.273 e. The molecule has 0 atom stereocenters. The second-order valence-corrected chi connectivity index (χ2v) is 6.13. The van der Waals surface area contributed by atoms with Crippen molar-refractivity contribution in [3.8, 4) is 5.69 Å². The van der Waals surface area contributed by atoms with E-state index in [2.05, 4.69) is 31.9 Å². The lowest BCUT2D eigenvalue weighted by molar-refractivity contribution is -0.121. The monoisotopic (exact) mass is 398 g/mol. The fraction of sp³-hybridized carbons (Fsp3) is 0.0556. The zero-order valence-electron chi connectivity index (χ0n) is 13.1. The number of aromatic nitrogens is 2. The predicted molar refractivity (Wildman–Crippen MR) is 97.0 cm³/mol. The highest BCUT2D eigenvalue weighted by molar-refractivity contribution is 9.10. The number of carbonyl (C=O) groups is 2. The molecule has 0 bridgehead atoms. The van der Waals surface area contributed by atoms with Gasteiger partial charge in [-0.15, -0.1) is 0 Å². The van der Waals surface area contributed by atoms with Gasteiger partial charge in [-0.2, -0.15) is 5.10 Å². The van der Waals surface area contributed by atoms with Crippen LogP contribution < -0.4 is 10.9 Å². The second-order valence-electron chi connectivity index (χ2n) is 5.28. The van der Waals surface area contributed by atoms with Gasteiger partial charge < -0.3 is 0 Å². The Morgan fingerprint density at radius 3 is 2.44 bits per heavy atom. The molecule has 2 amide bonds. The van der Waals surface area contributed by atoms with E-state index < -0.39 is 0 Å². The van der Waals surface area contributed by atoms with Crippen molar-refractivity contribution < 1.29 is 9.59 Å². The van der Waals surface area contributed by atoms with Crippen molar-refractivity contribution in [3.63, 3.8) is 0 Å². The molecule has 7 heteroatoms. The maximum atomic E-state index is 12.0. The minimum absolute atomic E-state index is 0.162. The number of nitrogens with one attached hydrogen (secondary N) is 2. The van der Waals surface area contributed by atoms with Crippen molar-refractivity contribution in [2.45, 2.75) is 6.42 Å². The standard InChI is InChI=1S/C18H15BrN4O2/c19-16-5-2-1-4-15(16)18(25)22-21-17(24)12-13-6-8-14(9-7-13)23-11-3-10-20-23/h1-11H,12H2,(H,21,24)(H,22,25). The van der Waals surface area contributed by atoms with Crippen molar-refractivity contribution in [1.29, 1.82) is 0 Å². The van der Waals surface area contributed by atoms with E-state index in [4.69, 9.17) is 0 Å². The molecular formula is C18H15BrN4O2. The molecule has 0 saturated carbocycles. The summed E-state index contributed by atoms with van der Waals surface area (Å²) in [5.74, 6) is -0.679. The molecule has 0 aliphatic rings. The van der Waals surface area contributed by atoms with Crippen LogP contribution in [0.1, 0.15) is 15.9 Å². The summed E-state index contributed by atoms with van der Waals surface area (Å²) >= 11 is 3.30. The summed E-state index contributed by atoms with van der Waals surface area (Å²) in [7, 11) is 0. The summed E-state index contributed by atoms with van der Waals surface area (Å²) in [4.78, 5) is 24.0. The quantitative estimate of drug-likeness (QED) is 0.663. The van der Waals surface area contributed by atoms with Gasteiger partial charge in [0.15, 0.2) is 0 Å². The highest BCUT2D eigenvalue weighted by Crippen LogP contribution is 2.15. The van der Waals surface area contributed by atoms with Gasteiger partial charge in [-0.1, -0.05) is 24.3 Å². The van der Waals surface area contributed by atoms with Gasteiger partial charge in [-0.3, -0.25) is 20.4 Å². The van der Waals surface area contributed by atoms with Crippen LogP contribution in [0.4, 0.5) is 0 Å². The normalized spacial score (nSPS) is 10.3. The van der Waals surface area contributed by atoms with E-state index in [1.54, 1.807) is 29.1 Å². The number of carbonyl (C=O) groups excluding carboxylic acids is 2. The van der Waals surface area contributed by atoms with Crippen LogP contribution in [0.3, 0.4) is 0 Å². The number of halogens is 1. The maximum Gasteiger partial charge on any atom is 0.270 e. The van der Waals surface area contributed by atoms with Gasteiger partial charge in [-0.05, 0) is 51.8 Å². The van der Waals surface area contributed by atoms with Gasteiger partial charge in [0.2, 0.25) is 5.91 Å². The number of benzene rings is 2. The van der Waals surface area contributed by atoms with Crippen LogP contribution in [0.15, 0.2) is 71.5 Å². The smallest absolute Gasteiger partial charge is 0.270 e. The molecule has 6 nitrogen and oxygen atoms in total. The third kappa shape index (κ3) is 4.33. The number of hydrogen-bond donors (Lipinski definition) is 2. The number of hydrazine groups is 1. The predicted octanol–water partition coefficient (Wildman–Crippen LogP) is 2.64. The summed E-state index contributed by atoms with van der Waals surface area (Å²) in [5.41, 5.74) is 7.03. The summed E-state index contributed by atoms with van der Waals surface area (Å²) in [6.07, 6.45) is 3.71. The molecule has 1 heterocycles. The zero-order chi connectivity index (χ0) is 17.6. The summed E-state index contributed by atoms with van der Waals surface area (Å²) < 4.78 is 2.40. The lowest BCUT2D eigenvalue weighted by atomic mass is 10.1. The van der Waals surface area contributed by atoms with E-state index >= 15 is 0 Å². The molecule has 0 radical (unpaired) electrons. The molecule has 0 aliphatic heterocycles. The van der Waals surface area contributed by atoms with Crippen LogP contribution in [0.25, 0.3) is 5.69 Å². The van der Waals surface area contributed by atoms with Gasteiger partial charge in [0.05, 0.1) is 17.7 Å². The van der Waals surface area contributed by atoms with Crippen LogP contribution in [0.5, 0.6) is 0 Å². The molecule has 0 unspecified atom stereocenters. The van der Waals surface area contributed by atoms with Crippen molar-refractivity contribution in [1.82, 2.24) is 20.6 Å². The minimum Gasteiger partial charge on any atom is -0.273 e. The van der Waals surface area contributed by atoms with Gasteiger partial charge in [0.25, 0.3) is 5.91 Å². The Balaban J connectivity index is 1.54. The Hall–Kier alpha value is -2.93. The molecule has 2 N–H and O–H groups in total. The molecule has 126 valence electrons. The van der Waals surface area contributed by atoms with Crippen LogP contribution in [-0.4, -0.2) is 21.6 Å². The first-order chi connectivity index (χ1) is 12.1. The van der Waals surface area contributed by atoms with Gasteiger partial charge in [0.1, 0.15) is 0 Å². The van der Waals surface area contributed by atoms with Crippen LogP contribution >= 0.6 is 15.9 Å². The summed E-state index contributed by atoms with van der Waals surface area (Å²) in [6, 6.07) is 16.3. The Bertz CT molecular complexity index is 876. The maximum absolute atomic E-state index is 12.0. The Morgan fingerprint density at radius 1 is 1.00 bits per heavy atom. The molecule has 0 aliphatic carbocycles. The highest BCUT2D eigenvalue weighted by Gasteiger charge is 2.10. The average molecular weight is 399 g/mol. The third-order valence-electron chi connectivity index (χ3n) is 3.50. The number of nitrogens with zero attached hydrogens (tertiary/aromatic N) is 2. The van der Waals surface area contributed by atoms with Crippen LogP contribution in [0, 0.1) is 0 Å².